The van der Waals surface area contributed by atoms with E-state index in [4.69, 9.17) is 9.47 Å². The molecule has 1 fully saturated rings. The molecule has 1 aliphatic rings. The van der Waals surface area contributed by atoms with E-state index in [0.29, 0.717) is 24.5 Å². The Morgan fingerprint density at radius 3 is 2.57 bits per heavy atom. The van der Waals surface area contributed by atoms with E-state index in [1.807, 2.05) is 6.07 Å². The van der Waals surface area contributed by atoms with Crippen molar-refractivity contribution in [2.24, 2.45) is 11.8 Å². The van der Waals surface area contributed by atoms with Crippen LogP contribution in [-0.4, -0.2) is 44.4 Å². The fourth-order valence-electron chi connectivity index (χ4n) is 3.30. The minimum Gasteiger partial charge on any atom is -0.377 e. The molecule has 0 N–H and O–H groups in total. The highest BCUT2D eigenvalue weighted by Gasteiger charge is 2.37. The van der Waals surface area contributed by atoms with Crippen LogP contribution in [0.3, 0.4) is 0 Å². The van der Waals surface area contributed by atoms with Crippen LogP contribution in [0.1, 0.15) is 25.8 Å². The Morgan fingerprint density at radius 2 is 1.95 bits per heavy atom. The van der Waals surface area contributed by atoms with Crippen molar-refractivity contribution in [3.8, 4) is 0 Å². The van der Waals surface area contributed by atoms with Crippen LogP contribution in [0.4, 0.5) is 0 Å². The molecule has 0 saturated carbocycles. The van der Waals surface area contributed by atoms with Crippen LogP contribution in [0.2, 0.25) is 0 Å². The lowest BCUT2D eigenvalue weighted by Crippen LogP contribution is -2.49. The lowest BCUT2D eigenvalue weighted by atomic mass is 9.84. The first-order valence-electron chi connectivity index (χ1n) is 8.03. The van der Waals surface area contributed by atoms with Gasteiger partial charge in [-0.3, -0.25) is 0 Å². The van der Waals surface area contributed by atoms with Crippen molar-refractivity contribution >= 4 is 0 Å². The summed E-state index contributed by atoms with van der Waals surface area (Å²) >= 11 is 0. The second-order valence-corrected chi connectivity index (χ2v) is 6.42. The topological polar surface area (TPSA) is 21.7 Å². The maximum atomic E-state index is 6.32. The van der Waals surface area contributed by atoms with Crippen molar-refractivity contribution in [2.45, 2.75) is 39.1 Å². The fraction of sp³-hybridized carbons (Fsp3) is 0.667. The normalized spacial score (nSPS) is 29.8. The van der Waals surface area contributed by atoms with Gasteiger partial charge in [-0.15, -0.1) is 0 Å². The van der Waals surface area contributed by atoms with Gasteiger partial charge >= 0.3 is 0 Å². The van der Waals surface area contributed by atoms with E-state index in [2.05, 4.69) is 57.1 Å². The van der Waals surface area contributed by atoms with Gasteiger partial charge in [0.2, 0.25) is 0 Å². The first-order chi connectivity index (χ1) is 10.1. The van der Waals surface area contributed by atoms with Crippen LogP contribution >= 0.6 is 0 Å². The van der Waals surface area contributed by atoms with Gasteiger partial charge in [-0.25, -0.2) is 0 Å². The van der Waals surface area contributed by atoms with Crippen LogP contribution in [0.5, 0.6) is 0 Å². The Balaban J connectivity index is 2.01. The molecular formula is C18H29NO2. The molecule has 0 bridgehead atoms. The molecule has 1 saturated heterocycles. The Kier molecular flexibility index (Phi) is 6.22. The fourth-order valence-corrected chi connectivity index (χ4v) is 3.30. The summed E-state index contributed by atoms with van der Waals surface area (Å²) in [6.45, 7) is 6.98. The molecule has 0 aromatic heterocycles. The number of nitrogens with zero attached hydrogens (tertiary/aromatic N) is 1. The lowest BCUT2D eigenvalue weighted by molar-refractivity contribution is -0.154. The van der Waals surface area contributed by atoms with Gasteiger partial charge in [0, 0.05) is 18.4 Å². The molecule has 4 atom stereocenters. The first kappa shape index (κ1) is 16.5. The number of hydrogen-bond donors (Lipinski definition) is 0. The molecule has 0 amide bonds. The van der Waals surface area contributed by atoms with Gasteiger partial charge in [0.15, 0.2) is 0 Å². The largest absolute Gasteiger partial charge is 0.377 e. The third-order valence-corrected chi connectivity index (χ3v) is 4.38. The van der Waals surface area contributed by atoms with Crippen molar-refractivity contribution < 1.29 is 9.47 Å². The third-order valence-electron chi connectivity index (χ3n) is 4.38. The molecule has 2 rings (SSSR count). The van der Waals surface area contributed by atoms with E-state index in [0.717, 1.165) is 19.6 Å². The predicted octanol–water partition coefficient (Wildman–Crippen LogP) is 3.19. The van der Waals surface area contributed by atoms with Crippen LogP contribution in [0.15, 0.2) is 30.3 Å². The van der Waals surface area contributed by atoms with Gasteiger partial charge in [-0.05, 0) is 26.1 Å². The van der Waals surface area contributed by atoms with E-state index in [1.54, 1.807) is 0 Å². The second-order valence-electron chi connectivity index (χ2n) is 6.42. The van der Waals surface area contributed by atoms with E-state index in [1.165, 1.54) is 5.56 Å². The molecule has 3 nitrogen and oxygen atoms in total. The monoisotopic (exact) mass is 291 g/mol. The summed E-state index contributed by atoms with van der Waals surface area (Å²) in [5, 5.41) is 0. The molecule has 21 heavy (non-hydrogen) atoms. The molecule has 1 aliphatic heterocycles. The molecule has 0 spiro atoms. The number of hydrogen-bond acceptors (Lipinski definition) is 3. The Hall–Kier alpha value is -0.900. The van der Waals surface area contributed by atoms with Gasteiger partial charge in [-0.2, -0.15) is 0 Å². The number of rotatable bonds is 6. The minimum absolute atomic E-state index is 0.270. The second kappa shape index (κ2) is 7.92. The summed E-state index contributed by atoms with van der Waals surface area (Å²) in [6, 6.07) is 10.4. The highest BCUT2D eigenvalue weighted by molar-refractivity contribution is 5.13. The number of benzene rings is 1. The zero-order valence-electron chi connectivity index (χ0n) is 13.8. The summed E-state index contributed by atoms with van der Waals surface area (Å²) in [6.07, 6.45) is 1.65. The highest BCUT2D eigenvalue weighted by atomic mass is 16.5. The smallest absolute Gasteiger partial charge is 0.0720 e. The van der Waals surface area contributed by atoms with Gasteiger partial charge in [0.25, 0.3) is 0 Å². The first-order valence-corrected chi connectivity index (χ1v) is 8.03. The molecule has 0 aliphatic carbocycles. The summed E-state index contributed by atoms with van der Waals surface area (Å²) in [4.78, 5) is 2.23. The summed E-state index contributed by atoms with van der Waals surface area (Å²) in [5.41, 5.74) is 1.24. The predicted molar refractivity (Wildman–Crippen MR) is 86.3 cm³/mol. The van der Waals surface area contributed by atoms with Crippen LogP contribution in [0.25, 0.3) is 0 Å². The zero-order chi connectivity index (χ0) is 15.2. The highest BCUT2D eigenvalue weighted by Crippen LogP contribution is 2.30. The molecule has 0 unspecified atom stereocenters. The summed E-state index contributed by atoms with van der Waals surface area (Å²) in [7, 11) is 4.23. The average molecular weight is 291 g/mol. The molecule has 1 heterocycles. The van der Waals surface area contributed by atoms with Gasteiger partial charge < -0.3 is 14.4 Å². The van der Waals surface area contributed by atoms with E-state index in [-0.39, 0.29) is 6.10 Å². The Labute approximate surface area is 129 Å². The maximum absolute atomic E-state index is 6.32. The Bertz CT molecular complexity index is 407. The molecule has 1 aromatic rings. The molecule has 0 radical (unpaired) electrons. The summed E-state index contributed by atoms with van der Waals surface area (Å²) in [5.74, 6) is 0.888. The van der Waals surface area contributed by atoms with Crippen molar-refractivity contribution in [1.29, 1.82) is 0 Å². The lowest BCUT2D eigenvalue weighted by Gasteiger charge is -2.42. The van der Waals surface area contributed by atoms with Gasteiger partial charge in [-0.1, -0.05) is 44.2 Å². The van der Waals surface area contributed by atoms with Crippen molar-refractivity contribution in [1.82, 2.24) is 4.90 Å². The molecule has 118 valence electrons. The van der Waals surface area contributed by atoms with Gasteiger partial charge in [0.05, 0.1) is 25.4 Å². The zero-order valence-corrected chi connectivity index (χ0v) is 13.8. The molecular weight excluding hydrogens is 262 g/mol. The van der Waals surface area contributed by atoms with E-state index >= 15 is 0 Å². The molecule has 1 aromatic carbocycles. The average Bonchev–Trinajstić information content (AvgIpc) is 2.47. The van der Waals surface area contributed by atoms with Crippen molar-refractivity contribution in [2.75, 3.05) is 27.2 Å². The van der Waals surface area contributed by atoms with Crippen molar-refractivity contribution in [3.05, 3.63) is 35.9 Å². The Morgan fingerprint density at radius 1 is 1.24 bits per heavy atom. The van der Waals surface area contributed by atoms with Crippen LogP contribution < -0.4 is 0 Å². The number of ether oxygens (including phenoxy) is 2. The van der Waals surface area contributed by atoms with Crippen molar-refractivity contribution in [3.63, 3.8) is 0 Å². The molecule has 3 heteroatoms. The van der Waals surface area contributed by atoms with Gasteiger partial charge in [0.1, 0.15) is 0 Å². The van der Waals surface area contributed by atoms with Crippen LogP contribution in [0, 0.1) is 11.8 Å². The minimum atomic E-state index is 0.270. The van der Waals surface area contributed by atoms with E-state index < -0.39 is 0 Å². The SMILES string of the molecule is CC[C@H]1OC[C@@H](CN(C)C)[C@@H](OCc2ccccc2)[C@H]1C. The maximum Gasteiger partial charge on any atom is 0.0720 e. The standard InChI is InChI=1S/C18H29NO2/c1-5-17-14(2)18(16(13-20-17)11-19(3)4)21-12-15-9-7-6-8-10-15/h6-10,14,16-18H,5,11-13H2,1-4H3/t14-,16+,17+,18-/m0/s1. The third kappa shape index (κ3) is 4.53. The van der Waals surface area contributed by atoms with Crippen LogP contribution in [-0.2, 0) is 16.1 Å². The summed E-state index contributed by atoms with van der Waals surface area (Å²) < 4.78 is 12.3. The van der Waals surface area contributed by atoms with E-state index in [9.17, 15) is 0 Å². The quantitative estimate of drug-likeness (QED) is 0.803.